The molecule has 0 radical (unpaired) electrons. The summed E-state index contributed by atoms with van der Waals surface area (Å²) in [7, 11) is 0. The lowest BCUT2D eigenvalue weighted by Crippen LogP contribution is -2.04. The van der Waals surface area contributed by atoms with Crippen molar-refractivity contribution in [1.82, 2.24) is 9.78 Å². The zero-order valence-electron chi connectivity index (χ0n) is 9.16. The number of hydrogen-bond donors (Lipinski definition) is 0. The van der Waals surface area contributed by atoms with Crippen LogP contribution in [0.5, 0.6) is 0 Å². The summed E-state index contributed by atoms with van der Waals surface area (Å²) in [6.45, 7) is 4.54. The van der Waals surface area contributed by atoms with Gasteiger partial charge >= 0.3 is 0 Å². The van der Waals surface area contributed by atoms with Gasteiger partial charge in [0, 0.05) is 5.69 Å². The SMILES string of the molecule is CCc1nn(CCC#N)c(CC)c1C=O. The summed E-state index contributed by atoms with van der Waals surface area (Å²) in [6.07, 6.45) is 2.82. The minimum Gasteiger partial charge on any atom is -0.298 e. The van der Waals surface area contributed by atoms with Crippen LogP contribution >= 0.6 is 0 Å². The Kier molecular flexibility index (Phi) is 4.04. The van der Waals surface area contributed by atoms with E-state index in [-0.39, 0.29) is 0 Å². The minimum atomic E-state index is 0.427. The fourth-order valence-corrected chi connectivity index (χ4v) is 1.68. The normalized spacial score (nSPS) is 9.93. The highest BCUT2D eigenvalue weighted by molar-refractivity contribution is 5.78. The van der Waals surface area contributed by atoms with E-state index in [0.717, 1.165) is 30.5 Å². The maximum Gasteiger partial charge on any atom is 0.153 e. The van der Waals surface area contributed by atoms with Gasteiger partial charge in [0.15, 0.2) is 6.29 Å². The Morgan fingerprint density at radius 2 is 2.20 bits per heavy atom. The summed E-state index contributed by atoms with van der Waals surface area (Å²) in [6, 6.07) is 2.08. The van der Waals surface area contributed by atoms with Crippen LogP contribution in [0, 0.1) is 11.3 Å². The summed E-state index contributed by atoms with van der Waals surface area (Å²) < 4.78 is 1.78. The molecule has 0 aromatic carbocycles. The Balaban J connectivity index is 3.10. The molecule has 0 atom stereocenters. The van der Waals surface area contributed by atoms with Crippen LogP contribution in [0.1, 0.15) is 42.0 Å². The molecule has 1 heterocycles. The second kappa shape index (κ2) is 5.30. The zero-order valence-corrected chi connectivity index (χ0v) is 9.16. The summed E-state index contributed by atoms with van der Waals surface area (Å²) in [5.41, 5.74) is 2.48. The van der Waals surface area contributed by atoms with E-state index >= 15 is 0 Å². The molecule has 0 amide bonds. The molecule has 1 rings (SSSR count). The van der Waals surface area contributed by atoms with Gasteiger partial charge in [0.25, 0.3) is 0 Å². The fourth-order valence-electron chi connectivity index (χ4n) is 1.68. The van der Waals surface area contributed by atoms with Gasteiger partial charge < -0.3 is 0 Å². The van der Waals surface area contributed by atoms with E-state index in [1.807, 2.05) is 13.8 Å². The standard InChI is InChI=1S/C11H15N3O/c1-3-10-9(8-15)11(4-2)14(13-10)7-5-6-12/h8H,3-5,7H2,1-2H3. The molecule has 4 nitrogen and oxygen atoms in total. The molecule has 80 valence electrons. The highest BCUT2D eigenvalue weighted by Gasteiger charge is 2.13. The van der Waals surface area contributed by atoms with Crippen molar-refractivity contribution in [3.63, 3.8) is 0 Å². The first-order chi connectivity index (χ1) is 7.28. The van der Waals surface area contributed by atoms with E-state index in [4.69, 9.17) is 5.26 Å². The van der Waals surface area contributed by atoms with Gasteiger partial charge in [-0.3, -0.25) is 9.48 Å². The molecule has 0 aliphatic heterocycles. The number of carbonyl (C=O) groups is 1. The smallest absolute Gasteiger partial charge is 0.153 e. The number of nitrogens with zero attached hydrogens (tertiary/aromatic N) is 3. The average molecular weight is 205 g/mol. The van der Waals surface area contributed by atoms with Gasteiger partial charge in [0.2, 0.25) is 0 Å². The van der Waals surface area contributed by atoms with Gasteiger partial charge in [-0.05, 0) is 12.8 Å². The molecule has 0 unspecified atom stereocenters. The molecule has 0 fully saturated rings. The quantitative estimate of drug-likeness (QED) is 0.688. The van der Waals surface area contributed by atoms with Crippen molar-refractivity contribution in [3.05, 3.63) is 17.0 Å². The highest BCUT2D eigenvalue weighted by Crippen LogP contribution is 2.14. The zero-order chi connectivity index (χ0) is 11.3. The summed E-state index contributed by atoms with van der Waals surface area (Å²) in [5, 5.41) is 12.9. The second-order valence-corrected chi connectivity index (χ2v) is 3.26. The van der Waals surface area contributed by atoms with Crippen LogP contribution in [0.25, 0.3) is 0 Å². The van der Waals surface area contributed by atoms with Crippen LogP contribution in [0.15, 0.2) is 0 Å². The van der Waals surface area contributed by atoms with Crippen molar-refractivity contribution in [2.45, 2.75) is 39.7 Å². The van der Waals surface area contributed by atoms with Gasteiger partial charge in [-0.25, -0.2) is 0 Å². The van der Waals surface area contributed by atoms with E-state index in [0.29, 0.717) is 18.5 Å². The molecule has 1 aromatic heterocycles. The number of hydrogen-bond acceptors (Lipinski definition) is 3. The van der Waals surface area contributed by atoms with Crippen molar-refractivity contribution in [2.24, 2.45) is 0 Å². The van der Waals surface area contributed by atoms with Gasteiger partial charge in [-0.15, -0.1) is 0 Å². The molecular formula is C11H15N3O. The Hall–Kier alpha value is -1.63. The number of aryl methyl sites for hydroxylation is 2. The van der Waals surface area contributed by atoms with E-state index in [9.17, 15) is 4.79 Å². The van der Waals surface area contributed by atoms with Crippen LogP contribution in [-0.4, -0.2) is 16.1 Å². The molecule has 0 aliphatic rings. The number of carbonyl (C=O) groups excluding carboxylic acids is 1. The van der Waals surface area contributed by atoms with Crippen LogP contribution < -0.4 is 0 Å². The van der Waals surface area contributed by atoms with E-state index < -0.39 is 0 Å². The van der Waals surface area contributed by atoms with Crippen molar-refractivity contribution in [3.8, 4) is 6.07 Å². The lowest BCUT2D eigenvalue weighted by atomic mass is 10.1. The summed E-state index contributed by atoms with van der Waals surface area (Å²) >= 11 is 0. The van der Waals surface area contributed by atoms with Crippen molar-refractivity contribution in [1.29, 1.82) is 5.26 Å². The topological polar surface area (TPSA) is 58.7 Å². The third-order valence-electron chi connectivity index (χ3n) is 2.40. The molecule has 0 bridgehead atoms. The molecule has 0 N–H and O–H groups in total. The number of rotatable bonds is 5. The molecule has 4 heteroatoms. The lowest BCUT2D eigenvalue weighted by Gasteiger charge is -2.02. The van der Waals surface area contributed by atoms with Crippen LogP contribution in [0.3, 0.4) is 0 Å². The summed E-state index contributed by atoms with van der Waals surface area (Å²) in [5.74, 6) is 0. The van der Waals surface area contributed by atoms with Gasteiger partial charge in [-0.1, -0.05) is 13.8 Å². The monoisotopic (exact) mass is 205 g/mol. The predicted molar refractivity (Wildman–Crippen MR) is 56.6 cm³/mol. The maximum atomic E-state index is 10.9. The van der Waals surface area contributed by atoms with Crippen molar-refractivity contribution in [2.75, 3.05) is 0 Å². The molecule has 0 spiro atoms. The number of aromatic nitrogens is 2. The second-order valence-electron chi connectivity index (χ2n) is 3.26. The first-order valence-corrected chi connectivity index (χ1v) is 5.19. The van der Waals surface area contributed by atoms with Crippen LogP contribution in [0.2, 0.25) is 0 Å². The maximum absolute atomic E-state index is 10.9. The Labute approximate surface area is 89.5 Å². The molecule has 15 heavy (non-hydrogen) atoms. The fraction of sp³-hybridized carbons (Fsp3) is 0.545. The van der Waals surface area contributed by atoms with Crippen LogP contribution in [0.4, 0.5) is 0 Å². The van der Waals surface area contributed by atoms with Gasteiger partial charge in [0.1, 0.15) is 0 Å². The largest absolute Gasteiger partial charge is 0.298 e. The average Bonchev–Trinajstić information content (AvgIpc) is 2.62. The number of nitriles is 1. The first-order valence-electron chi connectivity index (χ1n) is 5.19. The van der Waals surface area contributed by atoms with Crippen LogP contribution in [-0.2, 0) is 19.4 Å². The van der Waals surface area contributed by atoms with E-state index in [1.165, 1.54) is 0 Å². The highest BCUT2D eigenvalue weighted by atomic mass is 16.1. The molecular weight excluding hydrogens is 190 g/mol. The lowest BCUT2D eigenvalue weighted by molar-refractivity contribution is 0.112. The van der Waals surface area contributed by atoms with Crippen molar-refractivity contribution >= 4 is 6.29 Å². The third kappa shape index (κ3) is 2.24. The predicted octanol–water partition coefficient (Wildman–Crippen LogP) is 1.73. The summed E-state index contributed by atoms with van der Waals surface area (Å²) in [4.78, 5) is 10.9. The molecule has 0 saturated heterocycles. The number of aldehydes is 1. The molecule has 0 saturated carbocycles. The van der Waals surface area contributed by atoms with Gasteiger partial charge in [0.05, 0.1) is 30.3 Å². The van der Waals surface area contributed by atoms with E-state index in [1.54, 1.807) is 4.68 Å². The Bertz CT molecular complexity index is 387. The Morgan fingerprint density at radius 3 is 2.67 bits per heavy atom. The van der Waals surface area contributed by atoms with Crippen molar-refractivity contribution < 1.29 is 4.79 Å². The minimum absolute atomic E-state index is 0.427. The van der Waals surface area contributed by atoms with E-state index in [2.05, 4.69) is 11.2 Å². The first kappa shape index (κ1) is 11.4. The molecule has 0 aliphatic carbocycles. The third-order valence-corrected chi connectivity index (χ3v) is 2.40. The molecule has 1 aromatic rings. The van der Waals surface area contributed by atoms with Gasteiger partial charge in [-0.2, -0.15) is 10.4 Å². The Morgan fingerprint density at radius 1 is 1.47 bits per heavy atom.